The van der Waals surface area contributed by atoms with E-state index in [-0.39, 0.29) is 17.7 Å². The lowest BCUT2D eigenvalue weighted by molar-refractivity contribution is -0.123. The molecule has 6 heteroatoms. The van der Waals surface area contributed by atoms with Crippen LogP contribution in [0.1, 0.15) is 22.5 Å². The summed E-state index contributed by atoms with van der Waals surface area (Å²) in [6.45, 7) is 1.10. The number of carbonyl (C=O) groups is 2. The molecule has 4 nitrogen and oxygen atoms in total. The molecule has 0 aliphatic carbocycles. The van der Waals surface area contributed by atoms with Crippen LogP contribution in [-0.2, 0) is 4.79 Å². The molecule has 17 heavy (non-hydrogen) atoms. The molecule has 0 saturated carbocycles. The molecule has 0 radical (unpaired) electrons. The second kappa shape index (κ2) is 5.06. The van der Waals surface area contributed by atoms with Gasteiger partial charge in [0, 0.05) is 13.1 Å². The first-order chi connectivity index (χ1) is 8.08. The minimum Gasteiger partial charge on any atom is -0.369 e. The number of nitrogens with zero attached hydrogens (tertiary/aromatic N) is 1. The quantitative estimate of drug-likeness (QED) is 0.891. The van der Waals surface area contributed by atoms with Crippen LogP contribution >= 0.6 is 22.9 Å². The molecule has 1 atom stereocenters. The molecular formula is C11H13ClN2O2S. The standard InChI is InChI=1S/C11H13ClN2O2S/c12-9-4-3-8(17-9)11(16)14-5-1-2-7(6-14)10(13)15/h3-4,7H,1-2,5-6H2,(H2,13,15)/t7-/m1/s1. The Balaban J connectivity index is 2.07. The van der Waals surface area contributed by atoms with Gasteiger partial charge in [0.2, 0.25) is 5.91 Å². The predicted molar refractivity (Wildman–Crippen MR) is 67.2 cm³/mol. The molecule has 2 amide bonds. The zero-order valence-electron chi connectivity index (χ0n) is 9.19. The van der Waals surface area contributed by atoms with Crippen molar-refractivity contribution in [2.24, 2.45) is 11.7 Å². The number of thiophene rings is 1. The molecule has 0 aromatic carbocycles. The number of piperidine rings is 1. The third kappa shape index (κ3) is 2.79. The topological polar surface area (TPSA) is 63.4 Å². The average molecular weight is 273 g/mol. The zero-order valence-corrected chi connectivity index (χ0v) is 10.8. The fourth-order valence-corrected chi connectivity index (χ4v) is 2.99. The van der Waals surface area contributed by atoms with Crippen molar-refractivity contribution in [3.05, 3.63) is 21.3 Å². The van der Waals surface area contributed by atoms with E-state index in [1.807, 2.05) is 0 Å². The number of amides is 2. The molecule has 0 spiro atoms. The van der Waals surface area contributed by atoms with Gasteiger partial charge in [-0.05, 0) is 25.0 Å². The number of rotatable bonds is 2. The third-order valence-electron chi connectivity index (χ3n) is 2.89. The number of carbonyl (C=O) groups excluding carboxylic acids is 2. The van der Waals surface area contributed by atoms with Gasteiger partial charge in [0.1, 0.15) is 0 Å². The van der Waals surface area contributed by atoms with E-state index in [2.05, 4.69) is 0 Å². The molecule has 0 unspecified atom stereocenters. The summed E-state index contributed by atoms with van der Waals surface area (Å²) in [5.74, 6) is -0.609. The SMILES string of the molecule is NC(=O)[C@@H]1CCCN(C(=O)c2ccc(Cl)s2)C1. The second-order valence-corrected chi connectivity index (χ2v) is 5.81. The molecule has 1 aromatic rings. The van der Waals surface area contributed by atoms with E-state index in [9.17, 15) is 9.59 Å². The number of hydrogen-bond donors (Lipinski definition) is 1. The fraction of sp³-hybridized carbons (Fsp3) is 0.455. The Morgan fingerprint density at radius 2 is 2.24 bits per heavy atom. The van der Waals surface area contributed by atoms with Crippen LogP contribution in [0.3, 0.4) is 0 Å². The monoisotopic (exact) mass is 272 g/mol. The van der Waals surface area contributed by atoms with Crippen molar-refractivity contribution in [1.29, 1.82) is 0 Å². The molecule has 1 aliphatic rings. The lowest BCUT2D eigenvalue weighted by Crippen LogP contribution is -2.43. The minimum atomic E-state index is -0.327. The van der Waals surface area contributed by atoms with Gasteiger partial charge in [0.25, 0.3) is 5.91 Å². The Kier molecular flexibility index (Phi) is 3.69. The van der Waals surface area contributed by atoms with Crippen LogP contribution in [0.5, 0.6) is 0 Å². The van der Waals surface area contributed by atoms with E-state index < -0.39 is 0 Å². The summed E-state index contributed by atoms with van der Waals surface area (Å²) < 4.78 is 0.594. The molecule has 1 saturated heterocycles. The Morgan fingerprint density at radius 3 is 2.82 bits per heavy atom. The summed E-state index contributed by atoms with van der Waals surface area (Å²) >= 11 is 7.05. The van der Waals surface area contributed by atoms with Crippen molar-refractivity contribution in [3.8, 4) is 0 Å². The van der Waals surface area contributed by atoms with Crippen molar-refractivity contribution in [1.82, 2.24) is 4.90 Å². The van der Waals surface area contributed by atoms with Gasteiger partial charge in [-0.1, -0.05) is 11.6 Å². The second-order valence-electron chi connectivity index (χ2n) is 4.10. The summed E-state index contributed by atoms with van der Waals surface area (Å²) in [6.07, 6.45) is 1.59. The van der Waals surface area contributed by atoms with Crippen LogP contribution in [0.25, 0.3) is 0 Å². The molecule has 2 heterocycles. The van der Waals surface area contributed by atoms with Crippen molar-refractivity contribution < 1.29 is 9.59 Å². The molecule has 1 aromatic heterocycles. The van der Waals surface area contributed by atoms with Gasteiger partial charge >= 0.3 is 0 Å². The smallest absolute Gasteiger partial charge is 0.263 e. The number of halogens is 1. The predicted octanol–water partition coefficient (Wildman–Crippen LogP) is 1.74. The maximum absolute atomic E-state index is 12.1. The fourth-order valence-electron chi connectivity index (χ4n) is 1.98. The van der Waals surface area contributed by atoms with Crippen LogP contribution in [-0.4, -0.2) is 29.8 Å². The molecule has 1 aliphatic heterocycles. The summed E-state index contributed by atoms with van der Waals surface area (Å²) in [5, 5.41) is 0. The van der Waals surface area contributed by atoms with Gasteiger partial charge in [0.15, 0.2) is 0 Å². The van der Waals surface area contributed by atoms with Gasteiger partial charge in [-0.15, -0.1) is 11.3 Å². The molecule has 2 N–H and O–H groups in total. The highest BCUT2D eigenvalue weighted by molar-refractivity contribution is 7.17. The average Bonchev–Trinajstić information content (AvgIpc) is 2.75. The molecule has 0 bridgehead atoms. The van der Waals surface area contributed by atoms with Gasteiger partial charge in [-0.25, -0.2) is 0 Å². The van der Waals surface area contributed by atoms with Gasteiger partial charge in [-0.3, -0.25) is 9.59 Å². The normalized spacial score (nSPS) is 20.3. The highest BCUT2D eigenvalue weighted by Gasteiger charge is 2.28. The van der Waals surface area contributed by atoms with Gasteiger partial charge in [-0.2, -0.15) is 0 Å². The molecule has 2 rings (SSSR count). The molecular weight excluding hydrogens is 260 g/mol. The third-order valence-corrected chi connectivity index (χ3v) is 4.11. The zero-order chi connectivity index (χ0) is 12.4. The summed E-state index contributed by atoms with van der Waals surface area (Å²) in [4.78, 5) is 25.5. The van der Waals surface area contributed by atoms with Crippen LogP contribution in [0, 0.1) is 5.92 Å². The molecule has 92 valence electrons. The van der Waals surface area contributed by atoms with E-state index >= 15 is 0 Å². The Labute approximate surface area is 108 Å². The van der Waals surface area contributed by atoms with Crippen molar-refractivity contribution in [3.63, 3.8) is 0 Å². The van der Waals surface area contributed by atoms with E-state index in [0.29, 0.717) is 22.3 Å². The Hall–Kier alpha value is -1.07. The molecule has 1 fully saturated rings. The van der Waals surface area contributed by atoms with Crippen molar-refractivity contribution >= 4 is 34.8 Å². The number of hydrogen-bond acceptors (Lipinski definition) is 3. The van der Waals surface area contributed by atoms with Crippen LogP contribution in [0.15, 0.2) is 12.1 Å². The van der Waals surface area contributed by atoms with Gasteiger partial charge < -0.3 is 10.6 Å². The maximum Gasteiger partial charge on any atom is 0.263 e. The van der Waals surface area contributed by atoms with E-state index in [4.69, 9.17) is 17.3 Å². The minimum absolute atomic E-state index is 0.0622. The highest BCUT2D eigenvalue weighted by Crippen LogP contribution is 2.25. The number of nitrogens with two attached hydrogens (primary N) is 1. The summed E-state index contributed by atoms with van der Waals surface area (Å²) in [7, 11) is 0. The first kappa shape index (κ1) is 12.4. The Bertz CT molecular complexity index is 446. The van der Waals surface area contributed by atoms with Crippen molar-refractivity contribution in [2.45, 2.75) is 12.8 Å². The maximum atomic E-state index is 12.1. The largest absolute Gasteiger partial charge is 0.369 e. The Morgan fingerprint density at radius 1 is 1.47 bits per heavy atom. The van der Waals surface area contributed by atoms with Crippen LogP contribution in [0.4, 0.5) is 0 Å². The highest BCUT2D eigenvalue weighted by atomic mass is 35.5. The van der Waals surface area contributed by atoms with Crippen LogP contribution < -0.4 is 5.73 Å². The summed E-state index contributed by atoms with van der Waals surface area (Å²) in [6, 6.07) is 3.41. The van der Waals surface area contributed by atoms with E-state index in [0.717, 1.165) is 12.8 Å². The lowest BCUT2D eigenvalue weighted by Gasteiger charge is -2.30. The summed E-state index contributed by atoms with van der Waals surface area (Å²) in [5.41, 5.74) is 5.28. The number of likely N-dealkylation sites (tertiary alicyclic amines) is 1. The first-order valence-electron chi connectivity index (χ1n) is 5.42. The number of primary amides is 1. The first-order valence-corrected chi connectivity index (χ1v) is 6.61. The van der Waals surface area contributed by atoms with Gasteiger partial charge in [0.05, 0.1) is 15.1 Å². The van der Waals surface area contributed by atoms with E-state index in [1.54, 1.807) is 17.0 Å². The van der Waals surface area contributed by atoms with Crippen LogP contribution in [0.2, 0.25) is 4.34 Å². The van der Waals surface area contributed by atoms with E-state index in [1.165, 1.54) is 11.3 Å². The van der Waals surface area contributed by atoms with Crippen molar-refractivity contribution in [2.75, 3.05) is 13.1 Å². The lowest BCUT2D eigenvalue weighted by atomic mass is 9.97.